The van der Waals surface area contributed by atoms with Crippen LogP contribution in [-0.2, 0) is 6.42 Å². The Kier molecular flexibility index (Phi) is 5.91. The zero-order valence-electron chi connectivity index (χ0n) is 11.4. The van der Waals surface area contributed by atoms with E-state index in [2.05, 4.69) is 49.2 Å². The molecule has 0 aliphatic heterocycles. The van der Waals surface area contributed by atoms with Crippen LogP contribution < -0.4 is 5.32 Å². The molecule has 0 aromatic carbocycles. The van der Waals surface area contributed by atoms with Crippen molar-refractivity contribution in [3.05, 3.63) is 23.8 Å². The highest BCUT2D eigenvalue weighted by atomic mass is 15.3. The van der Waals surface area contributed by atoms with E-state index in [0.717, 1.165) is 31.8 Å². The van der Waals surface area contributed by atoms with Crippen molar-refractivity contribution < 1.29 is 0 Å². The molecule has 1 aromatic rings. The highest BCUT2D eigenvalue weighted by Gasteiger charge is 2.07. The molecular weight excluding hydrogens is 212 g/mol. The highest BCUT2D eigenvalue weighted by Crippen LogP contribution is 2.10. The first-order chi connectivity index (χ1) is 8.15. The molecule has 0 amide bonds. The van der Waals surface area contributed by atoms with Crippen molar-refractivity contribution in [2.45, 2.75) is 46.6 Å². The molecule has 4 nitrogen and oxygen atoms in total. The molecule has 0 aliphatic rings. The highest BCUT2D eigenvalue weighted by molar-refractivity contribution is 5.07. The Morgan fingerprint density at radius 1 is 1.53 bits per heavy atom. The van der Waals surface area contributed by atoms with Crippen LogP contribution in [0.3, 0.4) is 0 Å². The minimum Gasteiger partial charge on any atom is -0.317 e. The summed E-state index contributed by atoms with van der Waals surface area (Å²) < 4.78 is 1.99. The van der Waals surface area contributed by atoms with Gasteiger partial charge in [-0.25, -0.2) is 9.67 Å². The first kappa shape index (κ1) is 13.9. The van der Waals surface area contributed by atoms with Crippen LogP contribution in [0.4, 0.5) is 0 Å². The topological polar surface area (TPSA) is 42.7 Å². The van der Waals surface area contributed by atoms with Crippen LogP contribution in [0.2, 0.25) is 0 Å². The van der Waals surface area contributed by atoms with Gasteiger partial charge in [-0.1, -0.05) is 18.6 Å². The average molecular weight is 236 g/mol. The third-order valence-corrected chi connectivity index (χ3v) is 2.64. The van der Waals surface area contributed by atoms with Crippen LogP contribution >= 0.6 is 0 Å². The molecule has 0 bridgehead atoms. The molecule has 1 N–H and O–H groups in total. The molecule has 0 unspecified atom stereocenters. The number of nitrogens with one attached hydrogen (secondary N) is 1. The maximum Gasteiger partial charge on any atom is 0.138 e. The van der Waals surface area contributed by atoms with E-state index in [-0.39, 0.29) is 0 Å². The van der Waals surface area contributed by atoms with E-state index < -0.39 is 0 Å². The average Bonchev–Trinajstić information content (AvgIpc) is 2.72. The fraction of sp³-hybridized carbons (Fsp3) is 0.692. The summed E-state index contributed by atoms with van der Waals surface area (Å²) in [6.07, 6.45) is 5.89. The predicted molar refractivity (Wildman–Crippen MR) is 71.0 cm³/mol. The molecule has 0 radical (unpaired) electrons. The van der Waals surface area contributed by atoms with Crippen molar-refractivity contribution in [1.29, 1.82) is 0 Å². The Morgan fingerprint density at radius 3 is 2.94 bits per heavy atom. The number of hydrogen-bond donors (Lipinski definition) is 1. The number of nitrogens with zero attached hydrogens (tertiary/aromatic N) is 3. The lowest BCUT2D eigenvalue weighted by molar-refractivity contribution is 0.509. The zero-order valence-corrected chi connectivity index (χ0v) is 11.4. The SMILES string of the molecule is CCNCCC=C(C)Cc1ncnn1C(C)C. The van der Waals surface area contributed by atoms with Gasteiger partial charge in [-0.2, -0.15) is 5.10 Å². The van der Waals surface area contributed by atoms with Gasteiger partial charge < -0.3 is 5.32 Å². The molecule has 1 aromatic heterocycles. The number of aromatic nitrogens is 3. The molecule has 1 rings (SSSR count). The predicted octanol–water partition coefficient (Wildman–Crippen LogP) is 2.35. The number of allylic oxidation sites excluding steroid dienone is 1. The Morgan fingerprint density at radius 2 is 2.29 bits per heavy atom. The van der Waals surface area contributed by atoms with Gasteiger partial charge in [0.15, 0.2) is 0 Å². The van der Waals surface area contributed by atoms with Crippen LogP contribution in [0.25, 0.3) is 0 Å². The lowest BCUT2D eigenvalue weighted by Gasteiger charge is -2.09. The van der Waals surface area contributed by atoms with Gasteiger partial charge in [0.25, 0.3) is 0 Å². The standard InChI is InChI=1S/C13H24N4/c1-5-14-8-6-7-12(4)9-13-15-10-16-17(13)11(2)3/h7,10-11,14H,5-6,8-9H2,1-4H3. The molecular formula is C13H24N4. The Balaban J connectivity index is 2.49. The number of hydrogen-bond acceptors (Lipinski definition) is 3. The molecule has 0 spiro atoms. The summed E-state index contributed by atoms with van der Waals surface area (Å²) in [5, 5.41) is 7.56. The molecule has 0 atom stereocenters. The Hall–Kier alpha value is -1.16. The van der Waals surface area contributed by atoms with Crippen molar-refractivity contribution in [1.82, 2.24) is 20.1 Å². The normalized spacial score (nSPS) is 12.4. The lowest BCUT2D eigenvalue weighted by Crippen LogP contribution is -2.13. The molecule has 4 heteroatoms. The summed E-state index contributed by atoms with van der Waals surface area (Å²) >= 11 is 0. The fourth-order valence-corrected chi connectivity index (χ4v) is 1.75. The molecule has 0 saturated carbocycles. The van der Waals surface area contributed by atoms with Gasteiger partial charge >= 0.3 is 0 Å². The second-order valence-electron chi connectivity index (χ2n) is 4.58. The molecule has 0 fully saturated rings. The van der Waals surface area contributed by atoms with E-state index in [1.807, 2.05) is 4.68 Å². The van der Waals surface area contributed by atoms with E-state index in [0.29, 0.717) is 6.04 Å². The van der Waals surface area contributed by atoms with Crippen molar-refractivity contribution in [2.75, 3.05) is 13.1 Å². The van der Waals surface area contributed by atoms with E-state index in [4.69, 9.17) is 0 Å². The van der Waals surface area contributed by atoms with Crippen molar-refractivity contribution in [2.24, 2.45) is 0 Å². The molecule has 1 heterocycles. The smallest absolute Gasteiger partial charge is 0.138 e. The molecule has 17 heavy (non-hydrogen) atoms. The minimum absolute atomic E-state index is 0.377. The van der Waals surface area contributed by atoms with Gasteiger partial charge in [-0.15, -0.1) is 0 Å². The third kappa shape index (κ3) is 4.69. The summed E-state index contributed by atoms with van der Waals surface area (Å²) in [5.41, 5.74) is 1.36. The van der Waals surface area contributed by atoms with Crippen molar-refractivity contribution >= 4 is 0 Å². The largest absolute Gasteiger partial charge is 0.317 e. The first-order valence-corrected chi connectivity index (χ1v) is 6.39. The van der Waals surface area contributed by atoms with E-state index >= 15 is 0 Å². The summed E-state index contributed by atoms with van der Waals surface area (Å²) in [6.45, 7) is 10.6. The van der Waals surface area contributed by atoms with Crippen LogP contribution in [0.1, 0.15) is 46.0 Å². The summed E-state index contributed by atoms with van der Waals surface area (Å²) in [4.78, 5) is 4.32. The molecule has 96 valence electrons. The van der Waals surface area contributed by atoms with E-state index in [9.17, 15) is 0 Å². The second kappa shape index (κ2) is 7.22. The Labute approximate surface area is 104 Å². The van der Waals surface area contributed by atoms with E-state index in [1.54, 1.807) is 6.33 Å². The van der Waals surface area contributed by atoms with Crippen LogP contribution in [0.5, 0.6) is 0 Å². The maximum atomic E-state index is 4.32. The zero-order chi connectivity index (χ0) is 12.7. The summed E-state index contributed by atoms with van der Waals surface area (Å²) in [5.74, 6) is 1.05. The third-order valence-electron chi connectivity index (χ3n) is 2.64. The second-order valence-corrected chi connectivity index (χ2v) is 4.58. The quantitative estimate of drug-likeness (QED) is 0.584. The summed E-state index contributed by atoms with van der Waals surface area (Å²) in [6, 6.07) is 0.377. The maximum absolute atomic E-state index is 4.32. The van der Waals surface area contributed by atoms with Gasteiger partial charge in [-0.05, 0) is 40.3 Å². The van der Waals surface area contributed by atoms with Crippen molar-refractivity contribution in [3.8, 4) is 0 Å². The van der Waals surface area contributed by atoms with Crippen LogP contribution in [0, 0.1) is 0 Å². The van der Waals surface area contributed by atoms with Gasteiger partial charge in [0.05, 0.1) is 0 Å². The van der Waals surface area contributed by atoms with Crippen molar-refractivity contribution in [3.63, 3.8) is 0 Å². The lowest BCUT2D eigenvalue weighted by atomic mass is 10.1. The minimum atomic E-state index is 0.377. The van der Waals surface area contributed by atoms with Gasteiger partial charge in [0, 0.05) is 12.5 Å². The Bertz CT molecular complexity index is 352. The molecule has 0 saturated heterocycles. The van der Waals surface area contributed by atoms with Gasteiger partial charge in [0.2, 0.25) is 0 Å². The fourth-order valence-electron chi connectivity index (χ4n) is 1.75. The van der Waals surface area contributed by atoms with Crippen LogP contribution in [0.15, 0.2) is 18.0 Å². The van der Waals surface area contributed by atoms with Gasteiger partial charge in [-0.3, -0.25) is 0 Å². The monoisotopic (exact) mass is 236 g/mol. The number of rotatable bonds is 7. The van der Waals surface area contributed by atoms with Gasteiger partial charge in [0.1, 0.15) is 12.2 Å². The van der Waals surface area contributed by atoms with E-state index in [1.165, 1.54) is 5.57 Å². The van der Waals surface area contributed by atoms with Crippen LogP contribution in [-0.4, -0.2) is 27.9 Å². The molecule has 0 aliphatic carbocycles. The summed E-state index contributed by atoms with van der Waals surface area (Å²) in [7, 11) is 0. The first-order valence-electron chi connectivity index (χ1n) is 6.39.